The van der Waals surface area contributed by atoms with Crippen molar-refractivity contribution in [1.29, 1.82) is 0 Å². The van der Waals surface area contributed by atoms with Crippen molar-refractivity contribution in [2.45, 2.75) is 65.5 Å². The largest absolute Gasteiger partial charge is 0.343 e. The van der Waals surface area contributed by atoms with Crippen LogP contribution in [0.2, 0.25) is 0 Å². The molecule has 2 aliphatic rings. The highest BCUT2D eigenvalue weighted by molar-refractivity contribution is 5.96. The van der Waals surface area contributed by atoms with Crippen LogP contribution >= 0.6 is 0 Å². The van der Waals surface area contributed by atoms with Crippen LogP contribution in [0.4, 0.5) is 0 Å². The zero-order valence-corrected chi connectivity index (χ0v) is 12.5. The summed E-state index contributed by atoms with van der Waals surface area (Å²) in [7, 11) is 0. The van der Waals surface area contributed by atoms with Gasteiger partial charge in [0, 0.05) is 6.54 Å². The summed E-state index contributed by atoms with van der Waals surface area (Å²) in [5.74, 6) is 0.517. The number of nitrogens with zero attached hydrogens (tertiary/aromatic N) is 1. The van der Waals surface area contributed by atoms with Gasteiger partial charge in [-0.1, -0.05) is 20.8 Å². The van der Waals surface area contributed by atoms with Gasteiger partial charge in [-0.3, -0.25) is 9.59 Å². The Morgan fingerprint density at radius 3 is 2.47 bits per heavy atom. The van der Waals surface area contributed by atoms with Gasteiger partial charge in [-0.05, 0) is 43.9 Å². The first kappa shape index (κ1) is 14.4. The van der Waals surface area contributed by atoms with Crippen molar-refractivity contribution >= 4 is 11.8 Å². The molecule has 19 heavy (non-hydrogen) atoms. The first-order valence-corrected chi connectivity index (χ1v) is 7.49. The Hall–Kier alpha value is -1.06. The van der Waals surface area contributed by atoms with E-state index >= 15 is 0 Å². The van der Waals surface area contributed by atoms with Gasteiger partial charge in [0.1, 0.15) is 12.1 Å². The molecule has 1 aliphatic carbocycles. The lowest BCUT2D eigenvalue weighted by molar-refractivity contribution is -0.150. The molecule has 4 heteroatoms. The molecule has 0 bridgehead atoms. The van der Waals surface area contributed by atoms with Crippen LogP contribution in [0.3, 0.4) is 0 Å². The predicted octanol–water partition coefficient (Wildman–Crippen LogP) is 1.94. The smallest absolute Gasteiger partial charge is 0.245 e. The summed E-state index contributed by atoms with van der Waals surface area (Å²) in [4.78, 5) is 26.4. The van der Waals surface area contributed by atoms with E-state index < -0.39 is 0 Å². The van der Waals surface area contributed by atoms with Gasteiger partial charge in [0.2, 0.25) is 11.8 Å². The molecule has 0 aromatic carbocycles. The molecular weight excluding hydrogens is 240 g/mol. The maximum absolute atomic E-state index is 12.5. The first-order chi connectivity index (χ1) is 8.88. The third-order valence-corrected chi connectivity index (χ3v) is 4.66. The summed E-state index contributed by atoms with van der Waals surface area (Å²) < 4.78 is 0. The van der Waals surface area contributed by atoms with E-state index in [9.17, 15) is 9.59 Å². The van der Waals surface area contributed by atoms with Crippen molar-refractivity contribution in [2.75, 3.05) is 6.54 Å². The summed E-state index contributed by atoms with van der Waals surface area (Å²) in [6.45, 7) is 8.93. The van der Waals surface area contributed by atoms with Gasteiger partial charge in [0.05, 0.1) is 0 Å². The third-order valence-electron chi connectivity index (χ3n) is 4.66. The summed E-state index contributed by atoms with van der Waals surface area (Å²) in [5.41, 5.74) is 0.296. The number of piperazine rings is 1. The van der Waals surface area contributed by atoms with E-state index in [1.165, 1.54) is 12.8 Å². The maximum atomic E-state index is 12.5. The molecule has 2 amide bonds. The quantitative estimate of drug-likeness (QED) is 0.826. The molecule has 2 fully saturated rings. The number of hydrogen-bond acceptors (Lipinski definition) is 2. The van der Waals surface area contributed by atoms with Crippen molar-refractivity contribution in [1.82, 2.24) is 10.2 Å². The van der Waals surface area contributed by atoms with E-state index in [0.717, 1.165) is 19.4 Å². The second kappa shape index (κ2) is 5.14. The number of hydrogen-bond donors (Lipinski definition) is 1. The molecule has 0 radical (unpaired) electrons. The molecule has 0 spiro atoms. The van der Waals surface area contributed by atoms with Crippen molar-refractivity contribution in [3.63, 3.8) is 0 Å². The zero-order chi connectivity index (χ0) is 14.2. The first-order valence-electron chi connectivity index (χ1n) is 7.49. The van der Waals surface area contributed by atoms with Gasteiger partial charge in [-0.15, -0.1) is 0 Å². The minimum absolute atomic E-state index is 0.00264. The van der Waals surface area contributed by atoms with Gasteiger partial charge in [-0.25, -0.2) is 0 Å². The lowest BCUT2D eigenvalue weighted by atomic mass is 9.96. The average molecular weight is 266 g/mol. The lowest BCUT2D eigenvalue weighted by Crippen LogP contribution is -2.63. The van der Waals surface area contributed by atoms with Gasteiger partial charge < -0.3 is 10.2 Å². The van der Waals surface area contributed by atoms with Gasteiger partial charge in [-0.2, -0.15) is 0 Å². The molecule has 0 aromatic rings. The fourth-order valence-electron chi connectivity index (χ4n) is 2.89. The third kappa shape index (κ3) is 2.93. The molecule has 108 valence electrons. The predicted molar refractivity (Wildman–Crippen MR) is 74.5 cm³/mol. The van der Waals surface area contributed by atoms with E-state index in [-0.39, 0.29) is 23.9 Å². The standard InChI is InChI=1S/C15H26N2O2/c1-5-15(6-7-15)9-17-11(4)13(18)16-12(14(17)19)8-10(2)3/h10-12H,5-9H2,1-4H3,(H,16,18). The molecule has 1 saturated carbocycles. The van der Waals surface area contributed by atoms with Gasteiger partial charge >= 0.3 is 0 Å². The summed E-state index contributed by atoms with van der Waals surface area (Å²) >= 11 is 0. The van der Waals surface area contributed by atoms with Crippen LogP contribution in [0, 0.1) is 11.3 Å². The molecule has 2 rings (SSSR count). The molecule has 1 heterocycles. The van der Waals surface area contributed by atoms with Crippen LogP contribution in [0.5, 0.6) is 0 Å². The van der Waals surface area contributed by atoms with Crippen LogP contribution in [0.15, 0.2) is 0 Å². The van der Waals surface area contributed by atoms with Crippen LogP contribution in [-0.4, -0.2) is 35.3 Å². The highest BCUT2D eigenvalue weighted by Crippen LogP contribution is 2.49. The van der Waals surface area contributed by atoms with Crippen LogP contribution in [0.25, 0.3) is 0 Å². The Labute approximate surface area is 115 Å². The number of carbonyl (C=O) groups is 2. The average Bonchev–Trinajstić information content (AvgIpc) is 3.12. The van der Waals surface area contributed by atoms with E-state index in [2.05, 4.69) is 26.1 Å². The van der Waals surface area contributed by atoms with E-state index in [4.69, 9.17) is 0 Å². The zero-order valence-electron chi connectivity index (χ0n) is 12.5. The summed E-state index contributed by atoms with van der Waals surface area (Å²) in [6, 6.07) is -0.642. The van der Waals surface area contributed by atoms with Crippen LogP contribution < -0.4 is 5.32 Å². The number of amides is 2. The number of rotatable bonds is 5. The van der Waals surface area contributed by atoms with Crippen molar-refractivity contribution in [3.8, 4) is 0 Å². The molecule has 2 atom stereocenters. The second-order valence-electron chi connectivity index (χ2n) is 6.69. The van der Waals surface area contributed by atoms with Crippen LogP contribution in [-0.2, 0) is 9.59 Å². The Morgan fingerprint density at radius 2 is 2.00 bits per heavy atom. The van der Waals surface area contributed by atoms with E-state index in [0.29, 0.717) is 11.3 Å². The summed E-state index contributed by atoms with van der Waals surface area (Å²) in [5, 5.41) is 2.87. The lowest BCUT2D eigenvalue weighted by Gasteiger charge is -2.39. The molecular formula is C15H26N2O2. The van der Waals surface area contributed by atoms with Crippen molar-refractivity contribution in [2.24, 2.45) is 11.3 Å². The van der Waals surface area contributed by atoms with E-state index in [1.807, 2.05) is 11.8 Å². The SMILES string of the molecule is CCC1(CN2C(=O)C(CC(C)C)NC(=O)C2C)CC1. The van der Waals surface area contributed by atoms with E-state index in [1.54, 1.807) is 0 Å². The molecule has 1 aliphatic heterocycles. The Kier molecular flexibility index (Phi) is 3.88. The monoisotopic (exact) mass is 266 g/mol. The molecule has 0 aromatic heterocycles. The summed E-state index contributed by atoms with van der Waals surface area (Å²) in [6.07, 6.45) is 4.21. The number of carbonyl (C=O) groups excluding carboxylic acids is 2. The highest BCUT2D eigenvalue weighted by Gasteiger charge is 2.47. The normalized spacial score (nSPS) is 29.6. The highest BCUT2D eigenvalue weighted by atomic mass is 16.2. The topological polar surface area (TPSA) is 49.4 Å². The molecule has 2 unspecified atom stereocenters. The number of nitrogens with one attached hydrogen (secondary N) is 1. The Morgan fingerprint density at radius 1 is 1.37 bits per heavy atom. The maximum Gasteiger partial charge on any atom is 0.245 e. The molecule has 1 saturated heterocycles. The fourth-order valence-corrected chi connectivity index (χ4v) is 2.89. The second-order valence-corrected chi connectivity index (χ2v) is 6.69. The molecule has 4 nitrogen and oxygen atoms in total. The minimum atomic E-state index is -0.323. The van der Waals surface area contributed by atoms with Crippen molar-refractivity contribution in [3.05, 3.63) is 0 Å². The minimum Gasteiger partial charge on any atom is -0.343 e. The Balaban J connectivity index is 2.10. The van der Waals surface area contributed by atoms with Gasteiger partial charge in [0.15, 0.2) is 0 Å². The van der Waals surface area contributed by atoms with Crippen molar-refractivity contribution < 1.29 is 9.59 Å². The molecule has 1 N–H and O–H groups in total. The van der Waals surface area contributed by atoms with Gasteiger partial charge in [0.25, 0.3) is 0 Å². The fraction of sp³-hybridized carbons (Fsp3) is 0.867. The van der Waals surface area contributed by atoms with Crippen LogP contribution in [0.1, 0.15) is 53.4 Å². The Bertz CT molecular complexity index is 374.